The average molecular weight is 767 g/mol. The van der Waals surface area contributed by atoms with E-state index in [-0.39, 0.29) is 12.4 Å². The van der Waals surface area contributed by atoms with Gasteiger partial charge in [0.1, 0.15) is 12.1 Å². The minimum atomic E-state index is 0. The van der Waals surface area contributed by atoms with Gasteiger partial charge in [-0.15, -0.1) is 0 Å². The van der Waals surface area contributed by atoms with Crippen LogP contribution >= 0.6 is 0 Å². The van der Waals surface area contributed by atoms with Crippen molar-refractivity contribution in [2.45, 2.75) is 245 Å². The topological polar surface area (TPSA) is 0 Å². The quantitative estimate of drug-likeness (QED) is 0.0472. The van der Waals surface area contributed by atoms with Crippen LogP contribution in [0.2, 0.25) is 0 Å². The Morgan fingerprint density at radius 1 is 0.315 bits per heavy atom. The van der Waals surface area contributed by atoms with Crippen LogP contribution in [-0.4, -0.2) is 17.6 Å². The van der Waals surface area contributed by atoms with Crippen LogP contribution in [0.25, 0.3) is 0 Å². The van der Waals surface area contributed by atoms with Gasteiger partial charge < -0.3 is 16.9 Å². The molecule has 0 N–H and O–H groups in total. The van der Waals surface area contributed by atoms with Gasteiger partial charge in [0.15, 0.2) is 0 Å². The van der Waals surface area contributed by atoms with Crippen molar-refractivity contribution in [1.82, 2.24) is 0 Å². The van der Waals surface area contributed by atoms with Gasteiger partial charge in [-0.1, -0.05) is 254 Å². The van der Waals surface area contributed by atoms with E-state index in [2.05, 4.69) is 88.4 Å². The van der Waals surface area contributed by atoms with Crippen LogP contribution in [0.3, 0.4) is 0 Å². The highest BCUT2D eigenvalue weighted by atomic mass is 35.5. The zero-order chi connectivity index (χ0) is 37.9. The third-order valence-corrected chi connectivity index (χ3v) is 13.0. The van der Waals surface area contributed by atoms with Crippen molar-refractivity contribution in [3.63, 3.8) is 0 Å². The zero-order valence-corrected chi connectivity index (χ0v) is 37.6. The van der Waals surface area contributed by atoms with Gasteiger partial charge in [0.25, 0.3) is 0 Å². The van der Waals surface area contributed by atoms with Crippen molar-refractivity contribution < 1.29 is 16.9 Å². The smallest absolute Gasteiger partial charge is 0.112 e. The number of hydrogen-bond acceptors (Lipinski definition) is 0. The molecule has 312 valence electrons. The molecule has 2 unspecified atom stereocenters. The Hall–Kier alpha value is -1.31. The van der Waals surface area contributed by atoms with E-state index in [1.165, 1.54) is 234 Å². The molecule has 0 heterocycles. The fraction of sp³-hybridized carbons (Fsp3) is 0.769. The number of hydrogen-bond donors (Lipinski definition) is 0. The normalized spacial score (nSPS) is 12.8. The van der Waals surface area contributed by atoms with E-state index in [1.807, 2.05) is 0 Å². The van der Waals surface area contributed by atoms with Crippen LogP contribution < -0.4 is 12.4 Å². The van der Waals surface area contributed by atoms with Crippen LogP contribution in [0.1, 0.15) is 256 Å². The molecule has 0 saturated heterocycles. The van der Waals surface area contributed by atoms with E-state index < -0.39 is 0 Å². The molecule has 0 fully saturated rings. The molecule has 0 radical (unpaired) electrons. The SMILES string of the molecule is CCCCCCCCCCCCCCCCCC[N+](CCCCCCCCCCCCCCCCCC)(C(C)c1ccccc1)C(C)c1ccccc1.[Cl-]. The van der Waals surface area contributed by atoms with Gasteiger partial charge in [-0.2, -0.15) is 0 Å². The maximum absolute atomic E-state index is 2.55. The van der Waals surface area contributed by atoms with Gasteiger partial charge >= 0.3 is 0 Å². The molecule has 54 heavy (non-hydrogen) atoms. The van der Waals surface area contributed by atoms with E-state index in [4.69, 9.17) is 0 Å². The highest BCUT2D eigenvalue weighted by Crippen LogP contribution is 2.40. The van der Waals surface area contributed by atoms with Crippen molar-refractivity contribution in [3.8, 4) is 0 Å². The van der Waals surface area contributed by atoms with Gasteiger partial charge in [0.05, 0.1) is 13.1 Å². The summed E-state index contributed by atoms with van der Waals surface area (Å²) in [6.07, 6.45) is 45.9. The van der Waals surface area contributed by atoms with Gasteiger partial charge in [-0.3, -0.25) is 0 Å². The van der Waals surface area contributed by atoms with Crippen molar-refractivity contribution in [3.05, 3.63) is 71.8 Å². The standard InChI is InChI=1S/C52H92N.ClH/c1-5-7-9-11-13-15-17-19-21-23-25-27-29-31-33-41-47-53(49(3)51-43-37-35-38-44-51,50(4)52-45-39-36-40-46-52)48-42-34-32-30-28-26-24-22-20-18-16-14-12-10-8-6-2;/h35-40,43-46,49-50H,5-34,41-42,47-48H2,1-4H3;1H/q+1;/p-1. The van der Waals surface area contributed by atoms with Gasteiger partial charge in [-0.05, 0) is 39.5 Å². The highest BCUT2D eigenvalue weighted by molar-refractivity contribution is 5.19. The molecule has 0 bridgehead atoms. The molecule has 1 nitrogen and oxygen atoms in total. The molecule has 2 heteroatoms. The molecule has 2 rings (SSSR count). The van der Waals surface area contributed by atoms with Crippen LogP contribution in [-0.2, 0) is 0 Å². The summed E-state index contributed by atoms with van der Waals surface area (Å²) in [5, 5.41) is 0. The van der Waals surface area contributed by atoms with Crippen molar-refractivity contribution >= 4 is 0 Å². The fourth-order valence-electron chi connectivity index (χ4n) is 9.19. The van der Waals surface area contributed by atoms with Crippen LogP contribution in [0.15, 0.2) is 60.7 Å². The molecule has 0 spiro atoms. The second-order valence-electron chi connectivity index (χ2n) is 17.3. The van der Waals surface area contributed by atoms with Gasteiger partial charge in [0.2, 0.25) is 0 Å². The lowest BCUT2D eigenvalue weighted by atomic mass is 9.94. The maximum Gasteiger partial charge on any atom is 0.112 e. The van der Waals surface area contributed by atoms with Crippen molar-refractivity contribution in [2.24, 2.45) is 0 Å². The van der Waals surface area contributed by atoms with Crippen LogP contribution in [0, 0.1) is 0 Å². The average Bonchev–Trinajstić information content (AvgIpc) is 3.20. The van der Waals surface area contributed by atoms with Crippen LogP contribution in [0.4, 0.5) is 0 Å². The Kier molecular flexibility index (Phi) is 33.9. The first-order chi connectivity index (χ1) is 26.2. The highest BCUT2D eigenvalue weighted by Gasteiger charge is 2.40. The van der Waals surface area contributed by atoms with E-state index in [0.717, 1.165) is 0 Å². The Morgan fingerprint density at radius 3 is 0.741 bits per heavy atom. The molecule has 0 saturated carbocycles. The van der Waals surface area contributed by atoms with Crippen LogP contribution in [0.5, 0.6) is 0 Å². The number of benzene rings is 2. The largest absolute Gasteiger partial charge is 1.00 e. The summed E-state index contributed by atoms with van der Waals surface area (Å²) in [5.41, 5.74) is 3.03. The number of rotatable bonds is 38. The lowest BCUT2D eigenvalue weighted by Gasteiger charge is -2.49. The molecule has 0 aromatic heterocycles. The molecule has 0 aliphatic rings. The predicted octanol–water partition coefficient (Wildman–Crippen LogP) is 14.9. The molecule has 2 aromatic carbocycles. The summed E-state index contributed by atoms with van der Waals surface area (Å²) >= 11 is 0. The van der Waals surface area contributed by atoms with E-state index in [0.29, 0.717) is 12.1 Å². The Labute approximate surface area is 345 Å². The molecule has 2 aromatic rings. The second kappa shape index (κ2) is 36.1. The maximum atomic E-state index is 2.55. The number of quaternary nitrogens is 1. The van der Waals surface area contributed by atoms with Crippen molar-refractivity contribution in [1.29, 1.82) is 0 Å². The Bertz CT molecular complexity index is 938. The summed E-state index contributed by atoms with van der Waals surface area (Å²) in [7, 11) is 0. The number of unbranched alkanes of at least 4 members (excludes halogenated alkanes) is 30. The molecular weight excluding hydrogens is 674 g/mol. The third-order valence-electron chi connectivity index (χ3n) is 13.0. The Balaban J connectivity index is 0.0000146. The fourth-order valence-corrected chi connectivity index (χ4v) is 9.19. The third kappa shape index (κ3) is 23.7. The second-order valence-corrected chi connectivity index (χ2v) is 17.3. The lowest BCUT2D eigenvalue weighted by molar-refractivity contribution is -0.982. The first-order valence-corrected chi connectivity index (χ1v) is 24.1. The Morgan fingerprint density at radius 2 is 0.519 bits per heavy atom. The monoisotopic (exact) mass is 766 g/mol. The molecule has 0 amide bonds. The summed E-state index contributed by atoms with van der Waals surface area (Å²) in [6.45, 7) is 12.3. The summed E-state index contributed by atoms with van der Waals surface area (Å²) in [5.74, 6) is 0. The first kappa shape index (κ1) is 50.7. The minimum absolute atomic E-state index is 0. The summed E-state index contributed by atoms with van der Waals surface area (Å²) in [6, 6.07) is 24.0. The number of nitrogens with zero attached hydrogens (tertiary/aromatic N) is 1. The molecule has 0 aliphatic heterocycles. The molecule has 0 aliphatic carbocycles. The van der Waals surface area contributed by atoms with Crippen molar-refractivity contribution in [2.75, 3.05) is 13.1 Å². The number of halogens is 1. The summed E-state index contributed by atoms with van der Waals surface area (Å²) in [4.78, 5) is 0. The predicted molar refractivity (Wildman–Crippen MR) is 239 cm³/mol. The molecular formula is C52H92ClN. The molecule has 2 atom stereocenters. The first-order valence-electron chi connectivity index (χ1n) is 24.1. The van der Waals surface area contributed by atoms with Gasteiger partial charge in [-0.25, -0.2) is 0 Å². The minimum Gasteiger partial charge on any atom is -1.00 e. The van der Waals surface area contributed by atoms with E-state index in [9.17, 15) is 0 Å². The lowest BCUT2D eigenvalue weighted by Crippen LogP contribution is -3.00. The van der Waals surface area contributed by atoms with Gasteiger partial charge in [0, 0.05) is 11.1 Å². The summed E-state index contributed by atoms with van der Waals surface area (Å²) < 4.78 is 1.20. The van der Waals surface area contributed by atoms with E-state index >= 15 is 0 Å². The zero-order valence-electron chi connectivity index (χ0n) is 36.8. The van der Waals surface area contributed by atoms with E-state index in [1.54, 1.807) is 0 Å².